The number of hydrogen-bond acceptors (Lipinski definition) is 6. The second-order valence-electron chi connectivity index (χ2n) is 10.7. The second kappa shape index (κ2) is 11.3. The van der Waals surface area contributed by atoms with Crippen molar-refractivity contribution >= 4 is 32.1 Å². The highest BCUT2D eigenvalue weighted by Crippen LogP contribution is 2.30. The summed E-state index contributed by atoms with van der Waals surface area (Å²) in [6, 6.07) is 25.9. The molecule has 3 aromatic carbocycles. The van der Waals surface area contributed by atoms with E-state index in [2.05, 4.69) is 22.1 Å². The van der Waals surface area contributed by atoms with Crippen molar-refractivity contribution in [3.05, 3.63) is 119 Å². The fraction of sp³-hybridized carbons (Fsp3) is 0.152. The SMILES string of the molecule is Cc1ccc(S(=O)(=O)O)cc1.Cn1c(=O)n(-c2ccc(C(C)(C)C#N)cc2)c2c3cc(-c4cccnc4)ccc3ncc21. The fourth-order valence-corrected chi connectivity index (χ4v) is 5.23. The van der Waals surface area contributed by atoms with E-state index in [0.717, 1.165) is 49.9 Å². The molecule has 0 unspecified atom stereocenters. The number of pyridine rings is 2. The minimum absolute atomic E-state index is 0.0666. The molecule has 1 N–H and O–H groups in total. The van der Waals surface area contributed by atoms with Gasteiger partial charge in [0.2, 0.25) is 0 Å². The van der Waals surface area contributed by atoms with Crippen LogP contribution in [-0.2, 0) is 22.6 Å². The predicted molar refractivity (Wildman–Crippen MR) is 167 cm³/mol. The molecule has 6 aromatic rings. The van der Waals surface area contributed by atoms with Crippen molar-refractivity contribution in [1.82, 2.24) is 19.1 Å². The van der Waals surface area contributed by atoms with Gasteiger partial charge in [-0.1, -0.05) is 42.0 Å². The van der Waals surface area contributed by atoms with Crippen LogP contribution in [0.15, 0.2) is 107 Å². The standard InChI is InChI=1S/C26H21N5O.C7H8O3S/c1-26(2,16-27)19-7-9-20(10-8-19)31-24-21-13-17(18-5-4-12-28-14-18)6-11-22(21)29-15-23(24)30(3)25(31)32;1-6-2-4-7(5-3-6)11(8,9)10/h4-15H,1-3H3;2-5H,1H3,(H,8,9,10). The molecular weight excluding hydrogens is 562 g/mol. The molecule has 0 spiro atoms. The molecule has 0 saturated heterocycles. The van der Waals surface area contributed by atoms with E-state index in [0.29, 0.717) is 0 Å². The van der Waals surface area contributed by atoms with E-state index in [4.69, 9.17) is 4.55 Å². The lowest BCUT2D eigenvalue weighted by molar-refractivity contribution is 0.483. The van der Waals surface area contributed by atoms with Gasteiger partial charge in [0.05, 0.1) is 44.8 Å². The van der Waals surface area contributed by atoms with Crippen LogP contribution in [0.25, 0.3) is 38.8 Å². The number of nitriles is 1. The number of hydrogen-bond donors (Lipinski definition) is 1. The van der Waals surface area contributed by atoms with E-state index in [-0.39, 0.29) is 10.6 Å². The first kappa shape index (κ1) is 29.4. The van der Waals surface area contributed by atoms with Gasteiger partial charge in [-0.05, 0) is 74.4 Å². The molecule has 0 fully saturated rings. The summed E-state index contributed by atoms with van der Waals surface area (Å²) in [5, 5.41) is 10.3. The highest BCUT2D eigenvalue weighted by molar-refractivity contribution is 7.85. The predicted octanol–water partition coefficient (Wildman–Crippen LogP) is 5.98. The highest BCUT2D eigenvalue weighted by Gasteiger charge is 2.21. The molecule has 216 valence electrons. The molecule has 0 bridgehead atoms. The maximum absolute atomic E-state index is 13.3. The number of imidazole rings is 1. The topological polar surface area (TPSA) is 131 Å². The molecule has 0 saturated carbocycles. The lowest BCUT2D eigenvalue weighted by atomic mass is 9.86. The van der Waals surface area contributed by atoms with Crippen LogP contribution in [0.3, 0.4) is 0 Å². The summed E-state index contributed by atoms with van der Waals surface area (Å²) in [6.07, 6.45) is 5.31. The van der Waals surface area contributed by atoms with Crippen molar-refractivity contribution < 1.29 is 13.0 Å². The van der Waals surface area contributed by atoms with Gasteiger partial charge in [-0.2, -0.15) is 13.7 Å². The molecule has 0 amide bonds. The first-order valence-electron chi connectivity index (χ1n) is 13.4. The normalized spacial score (nSPS) is 11.6. The number of fused-ring (bicyclic) bond motifs is 3. The van der Waals surface area contributed by atoms with E-state index in [1.165, 1.54) is 12.1 Å². The van der Waals surface area contributed by atoms with Crippen LogP contribution in [-0.4, -0.2) is 32.1 Å². The van der Waals surface area contributed by atoms with Crippen molar-refractivity contribution in [1.29, 1.82) is 5.26 Å². The van der Waals surface area contributed by atoms with Crippen LogP contribution < -0.4 is 5.69 Å². The van der Waals surface area contributed by atoms with Crippen molar-refractivity contribution in [3.8, 4) is 22.9 Å². The maximum Gasteiger partial charge on any atom is 0.333 e. The van der Waals surface area contributed by atoms with Crippen molar-refractivity contribution in [3.63, 3.8) is 0 Å². The zero-order valence-electron chi connectivity index (χ0n) is 24.1. The zero-order valence-corrected chi connectivity index (χ0v) is 24.9. The molecule has 3 heterocycles. The van der Waals surface area contributed by atoms with Crippen LogP contribution in [0.2, 0.25) is 0 Å². The number of benzene rings is 3. The maximum atomic E-state index is 13.3. The molecule has 0 aliphatic carbocycles. The fourth-order valence-electron chi connectivity index (χ4n) is 4.75. The Hall–Kier alpha value is -5.11. The average Bonchev–Trinajstić information content (AvgIpc) is 3.27. The Morgan fingerprint density at radius 3 is 2.23 bits per heavy atom. The van der Waals surface area contributed by atoms with Crippen LogP contribution in [0.4, 0.5) is 0 Å². The lowest BCUT2D eigenvalue weighted by Gasteiger charge is -2.16. The van der Waals surface area contributed by atoms with E-state index < -0.39 is 15.5 Å². The minimum atomic E-state index is -4.02. The smallest absolute Gasteiger partial charge is 0.293 e. The van der Waals surface area contributed by atoms with Gasteiger partial charge in [0.15, 0.2) is 0 Å². The Balaban J connectivity index is 0.000000283. The molecule has 0 aliphatic heterocycles. The summed E-state index contributed by atoms with van der Waals surface area (Å²) in [6.45, 7) is 5.60. The summed E-state index contributed by atoms with van der Waals surface area (Å²) in [5.41, 5.74) is 6.25. The summed E-state index contributed by atoms with van der Waals surface area (Å²) in [4.78, 5) is 22.0. The third-order valence-electron chi connectivity index (χ3n) is 7.32. The Morgan fingerprint density at radius 2 is 1.63 bits per heavy atom. The Labute approximate surface area is 249 Å². The van der Waals surface area contributed by atoms with E-state index in [1.807, 2.05) is 75.5 Å². The summed E-state index contributed by atoms with van der Waals surface area (Å²) in [7, 11) is -2.26. The van der Waals surface area contributed by atoms with Crippen molar-refractivity contribution in [2.75, 3.05) is 0 Å². The van der Waals surface area contributed by atoms with Crippen LogP contribution in [0, 0.1) is 18.3 Å². The van der Waals surface area contributed by atoms with Gasteiger partial charge < -0.3 is 0 Å². The number of nitrogens with zero attached hydrogens (tertiary/aromatic N) is 5. The molecule has 3 aromatic heterocycles. The van der Waals surface area contributed by atoms with Gasteiger partial charge in [-0.15, -0.1) is 0 Å². The molecule has 43 heavy (non-hydrogen) atoms. The molecular formula is C33H29N5O4S. The van der Waals surface area contributed by atoms with Crippen molar-refractivity contribution in [2.24, 2.45) is 7.05 Å². The van der Waals surface area contributed by atoms with Gasteiger partial charge in [-0.3, -0.25) is 23.7 Å². The lowest BCUT2D eigenvalue weighted by Crippen LogP contribution is -2.21. The third kappa shape index (κ3) is 5.81. The van der Waals surface area contributed by atoms with E-state index in [1.54, 1.807) is 40.7 Å². The summed E-state index contributed by atoms with van der Waals surface area (Å²) in [5.74, 6) is 0. The largest absolute Gasteiger partial charge is 0.333 e. The number of rotatable bonds is 4. The van der Waals surface area contributed by atoms with Gasteiger partial charge in [-0.25, -0.2) is 4.79 Å². The third-order valence-corrected chi connectivity index (χ3v) is 8.19. The van der Waals surface area contributed by atoms with Gasteiger partial charge in [0.25, 0.3) is 10.1 Å². The Bertz CT molecular complexity index is 2160. The number of aryl methyl sites for hydroxylation is 2. The molecule has 6 rings (SSSR count). The summed E-state index contributed by atoms with van der Waals surface area (Å²) < 4.78 is 32.9. The Kier molecular flexibility index (Phi) is 7.71. The van der Waals surface area contributed by atoms with Crippen LogP contribution >= 0.6 is 0 Å². The van der Waals surface area contributed by atoms with Gasteiger partial charge >= 0.3 is 5.69 Å². The second-order valence-corrected chi connectivity index (χ2v) is 12.1. The van der Waals surface area contributed by atoms with Gasteiger partial charge in [0.1, 0.15) is 0 Å². The quantitative estimate of drug-likeness (QED) is 0.250. The summed E-state index contributed by atoms with van der Waals surface area (Å²) >= 11 is 0. The average molecular weight is 592 g/mol. The molecule has 0 aliphatic rings. The van der Waals surface area contributed by atoms with E-state index in [9.17, 15) is 18.5 Å². The first-order valence-corrected chi connectivity index (χ1v) is 14.8. The molecule has 9 nitrogen and oxygen atoms in total. The molecule has 0 radical (unpaired) electrons. The van der Waals surface area contributed by atoms with E-state index >= 15 is 0 Å². The van der Waals surface area contributed by atoms with Crippen LogP contribution in [0.5, 0.6) is 0 Å². The monoisotopic (exact) mass is 591 g/mol. The highest BCUT2D eigenvalue weighted by atomic mass is 32.2. The van der Waals surface area contributed by atoms with Crippen molar-refractivity contribution in [2.45, 2.75) is 31.1 Å². The van der Waals surface area contributed by atoms with Gasteiger partial charge in [0, 0.05) is 30.4 Å². The zero-order chi connectivity index (χ0) is 30.9. The first-order chi connectivity index (χ1) is 20.4. The molecule has 0 atom stereocenters. The Morgan fingerprint density at radius 1 is 0.930 bits per heavy atom. The molecule has 10 heteroatoms. The van der Waals surface area contributed by atoms with Crippen LogP contribution in [0.1, 0.15) is 25.0 Å². The number of aromatic nitrogens is 4. The minimum Gasteiger partial charge on any atom is -0.293 e.